The predicted octanol–water partition coefficient (Wildman–Crippen LogP) is 5.01. The molecule has 0 spiro atoms. The van der Waals surface area contributed by atoms with Crippen LogP contribution in [0.5, 0.6) is 0 Å². The van der Waals surface area contributed by atoms with E-state index in [1.54, 1.807) is 17.0 Å². The third-order valence-corrected chi connectivity index (χ3v) is 5.34. The Morgan fingerprint density at radius 1 is 0.914 bits per heavy atom. The average molecular weight is 489 g/mol. The lowest BCUT2D eigenvalue weighted by Crippen LogP contribution is -2.43. The van der Waals surface area contributed by atoms with Crippen molar-refractivity contribution in [1.82, 2.24) is 9.80 Å². The number of ether oxygens (including phenoxy) is 1. The van der Waals surface area contributed by atoms with Crippen molar-refractivity contribution >= 4 is 11.8 Å². The molecule has 35 heavy (non-hydrogen) atoms. The molecule has 2 amide bonds. The summed E-state index contributed by atoms with van der Waals surface area (Å²) in [7, 11) is 1.53. The van der Waals surface area contributed by atoms with Gasteiger partial charge in [-0.1, -0.05) is 30.3 Å². The summed E-state index contributed by atoms with van der Waals surface area (Å²) in [6, 6.07) is 16.9. The Labute approximate surface area is 201 Å². The van der Waals surface area contributed by atoms with Crippen LogP contribution in [0, 0.1) is 0 Å². The summed E-state index contributed by atoms with van der Waals surface area (Å²) in [6.45, 7) is 0.851. The first-order valence-corrected chi connectivity index (χ1v) is 11.1. The van der Waals surface area contributed by atoms with E-state index in [0.29, 0.717) is 25.3 Å². The van der Waals surface area contributed by atoms with Gasteiger partial charge < -0.3 is 19.0 Å². The number of benzene rings is 2. The maximum Gasteiger partial charge on any atom is 0.416 e. The van der Waals surface area contributed by atoms with E-state index < -0.39 is 17.6 Å². The van der Waals surface area contributed by atoms with Crippen molar-refractivity contribution < 1.29 is 31.9 Å². The van der Waals surface area contributed by atoms with E-state index in [9.17, 15) is 22.8 Å². The summed E-state index contributed by atoms with van der Waals surface area (Å²) in [5, 5.41) is 0. The lowest BCUT2D eigenvalue weighted by atomic mass is 10.1. The predicted molar refractivity (Wildman–Crippen MR) is 123 cm³/mol. The summed E-state index contributed by atoms with van der Waals surface area (Å²) in [4.78, 5) is 29.4. The highest BCUT2D eigenvalue weighted by molar-refractivity contribution is 5.96. The molecule has 0 radical (unpaired) electrons. The Morgan fingerprint density at radius 3 is 2.23 bits per heavy atom. The van der Waals surface area contributed by atoms with Crippen molar-refractivity contribution in [2.75, 3.05) is 26.8 Å². The van der Waals surface area contributed by atoms with Crippen molar-refractivity contribution in [1.29, 1.82) is 0 Å². The van der Waals surface area contributed by atoms with Gasteiger partial charge in [0.05, 0.1) is 18.4 Å². The lowest BCUT2D eigenvalue weighted by Gasteiger charge is -2.27. The van der Waals surface area contributed by atoms with E-state index in [0.717, 1.165) is 29.8 Å². The van der Waals surface area contributed by atoms with Crippen LogP contribution in [-0.4, -0.2) is 48.4 Å². The minimum Gasteiger partial charge on any atom is -0.467 e. The van der Waals surface area contributed by atoms with Crippen molar-refractivity contribution in [2.45, 2.75) is 25.7 Å². The third-order valence-electron chi connectivity index (χ3n) is 5.34. The van der Waals surface area contributed by atoms with Gasteiger partial charge in [-0.05, 0) is 48.4 Å². The third kappa shape index (κ3) is 7.71. The van der Waals surface area contributed by atoms with Gasteiger partial charge in [-0.15, -0.1) is 0 Å². The van der Waals surface area contributed by atoms with Gasteiger partial charge >= 0.3 is 6.18 Å². The fraction of sp³-hybridized carbons (Fsp3) is 0.308. The van der Waals surface area contributed by atoms with E-state index in [1.165, 1.54) is 18.3 Å². The molecule has 3 rings (SSSR count). The normalized spacial score (nSPS) is 11.3. The number of alkyl halides is 3. The molecule has 1 aromatic heterocycles. The lowest BCUT2D eigenvalue weighted by molar-refractivity contribution is -0.137. The quantitative estimate of drug-likeness (QED) is 0.356. The van der Waals surface area contributed by atoms with Crippen LogP contribution < -0.4 is 0 Å². The van der Waals surface area contributed by atoms with Gasteiger partial charge in [-0.25, -0.2) is 0 Å². The largest absolute Gasteiger partial charge is 0.467 e. The maximum atomic E-state index is 13.3. The Kier molecular flexibility index (Phi) is 9.08. The topological polar surface area (TPSA) is 63.0 Å². The van der Waals surface area contributed by atoms with E-state index >= 15 is 0 Å². The second-order valence-corrected chi connectivity index (χ2v) is 7.96. The molecule has 0 aliphatic carbocycles. The van der Waals surface area contributed by atoms with Crippen molar-refractivity contribution in [3.05, 3.63) is 95.4 Å². The molecule has 0 N–H and O–H groups in total. The Hall–Kier alpha value is -3.59. The van der Waals surface area contributed by atoms with E-state index in [4.69, 9.17) is 9.15 Å². The van der Waals surface area contributed by atoms with Crippen LogP contribution in [0.2, 0.25) is 0 Å². The number of amides is 2. The number of halogens is 3. The fourth-order valence-corrected chi connectivity index (χ4v) is 3.53. The van der Waals surface area contributed by atoms with Gasteiger partial charge in [0.1, 0.15) is 12.3 Å². The summed E-state index contributed by atoms with van der Waals surface area (Å²) in [5.41, 5.74) is 0.139. The van der Waals surface area contributed by atoms with Crippen molar-refractivity contribution in [3.63, 3.8) is 0 Å². The van der Waals surface area contributed by atoms with Crippen molar-refractivity contribution in [2.24, 2.45) is 0 Å². The van der Waals surface area contributed by atoms with Crippen LogP contribution in [0.4, 0.5) is 13.2 Å². The van der Waals surface area contributed by atoms with Crippen LogP contribution in [0.25, 0.3) is 0 Å². The smallest absolute Gasteiger partial charge is 0.416 e. The van der Waals surface area contributed by atoms with Crippen LogP contribution >= 0.6 is 0 Å². The number of rotatable bonds is 11. The highest BCUT2D eigenvalue weighted by Crippen LogP contribution is 2.29. The molecule has 0 atom stereocenters. The SMILES string of the molecule is COCCCN(CC(=O)N(Cc1ccccc1)Cc1ccco1)C(=O)c1ccc(C(F)(F)F)cc1. The molecular formula is C26H27F3N2O4. The second kappa shape index (κ2) is 12.2. The number of carbonyl (C=O) groups is 2. The zero-order valence-electron chi connectivity index (χ0n) is 19.3. The van der Waals surface area contributed by atoms with E-state index in [2.05, 4.69) is 0 Å². The number of hydrogen-bond donors (Lipinski definition) is 0. The molecule has 9 heteroatoms. The maximum absolute atomic E-state index is 13.3. The number of nitrogens with zero attached hydrogens (tertiary/aromatic N) is 2. The zero-order valence-corrected chi connectivity index (χ0v) is 19.3. The van der Waals surface area contributed by atoms with Gasteiger partial charge in [0.25, 0.3) is 5.91 Å². The van der Waals surface area contributed by atoms with Crippen LogP contribution in [0.3, 0.4) is 0 Å². The summed E-state index contributed by atoms with van der Waals surface area (Å²) >= 11 is 0. The Balaban J connectivity index is 1.79. The molecule has 0 fully saturated rings. The van der Waals surface area contributed by atoms with E-state index in [1.807, 2.05) is 30.3 Å². The molecule has 3 aromatic rings. The standard InChI is InChI=1S/C26H27F3N2O4/c1-34-15-6-14-30(25(33)21-10-12-22(13-11-21)26(27,28)29)19-24(32)31(18-23-9-5-16-35-23)17-20-7-3-2-4-8-20/h2-5,7-13,16H,6,14-15,17-19H2,1H3. The molecule has 0 aliphatic rings. The Morgan fingerprint density at radius 2 is 1.63 bits per heavy atom. The molecule has 2 aromatic carbocycles. The molecular weight excluding hydrogens is 461 g/mol. The monoisotopic (exact) mass is 488 g/mol. The van der Waals surface area contributed by atoms with Crippen molar-refractivity contribution in [3.8, 4) is 0 Å². The van der Waals surface area contributed by atoms with Gasteiger partial charge in [0, 0.05) is 32.4 Å². The number of hydrogen-bond acceptors (Lipinski definition) is 4. The average Bonchev–Trinajstić information content (AvgIpc) is 3.36. The minimum absolute atomic E-state index is 0.0730. The minimum atomic E-state index is -4.50. The van der Waals surface area contributed by atoms with Gasteiger partial charge in [0.15, 0.2) is 0 Å². The molecule has 6 nitrogen and oxygen atoms in total. The summed E-state index contributed by atoms with van der Waals surface area (Å²) in [6.07, 6.45) is -2.52. The first-order valence-electron chi connectivity index (χ1n) is 11.1. The number of carbonyl (C=O) groups excluding carboxylic acids is 2. The van der Waals surface area contributed by atoms with Crippen LogP contribution in [0.1, 0.15) is 33.7 Å². The zero-order chi connectivity index (χ0) is 25.3. The molecule has 186 valence electrons. The molecule has 0 bridgehead atoms. The molecule has 0 unspecified atom stereocenters. The summed E-state index contributed by atoms with van der Waals surface area (Å²) < 4.78 is 49.2. The molecule has 0 saturated heterocycles. The molecule has 0 saturated carbocycles. The number of furan rings is 1. The van der Waals surface area contributed by atoms with Gasteiger partial charge in [0.2, 0.25) is 5.91 Å². The highest BCUT2D eigenvalue weighted by atomic mass is 19.4. The first-order chi connectivity index (χ1) is 16.8. The van der Waals surface area contributed by atoms with Crippen LogP contribution in [-0.2, 0) is 28.8 Å². The van der Waals surface area contributed by atoms with Gasteiger partial charge in [-0.2, -0.15) is 13.2 Å². The van der Waals surface area contributed by atoms with Gasteiger partial charge in [-0.3, -0.25) is 9.59 Å². The Bertz CT molecular complexity index is 1070. The molecule has 0 aliphatic heterocycles. The fourth-order valence-electron chi connectivity index (χ4n) is 3.53. The molecule has 1 heterocycles. The van der Waals surface area contributed by atoms with E-state index in [-0.39, 0.29) is 31.1 Å². The second-order valence-electron chi connectivity index (χ2n) is 7.96. The first kappa shape index (κ1) is 26.0. The summed E-state index contributed by atoms with van der Waals surface area (Å²) in [5.74, 6) is -0.252. The van der Waals surface area contributed by atoms with Crippen LogP contribution in [0.15, 0.2) is 77.4 Å². The number of methoxy groups -OCH3 is 1. The highest BCUT2D eigenvalue weighted by Gasteiger charge is 2.31.